The van der Waals surface area contributed by atoms with Crippen LogP contribution in [0.2, 0.25) is 0 Å². The van der Waals surface area contributed by atoms with Crippen LogP contribution in [0.5, 0.6) is 6.01 Å². The molecule has 27 heavy (non-hydrogen) atoms. The summed E-state index contributed by atoms with van der Waals surface area (Å²) in [6.45, 7) is 5.55. The molecule has 1 aliphatic rings. The van der Waals surface area contributed by atoms with Crippen molar-refractivity contribution in [2.24, 2.45) is 0 Å². The molecule has 1 aromatic heterocycles. The number of halogens is 1. The van der Waals surface area contributed by atoms with Crippen LogP contribution in [0.3, 0.4) is 0 Å². The fraction of sp³-hybridized carbons (Fsp3) is 0.450. The molecule has 1 saturated heterocycles. The molecular weight excluding hydrogens is 365 g/mol. The first-order chi connectivity index (χ1) is 13.0. The van der Waals surface area contributed by atoms with Gasteiger partial charge in [0.05, 0.1) is 25.4 Å². The van der Waals surface area contributed by atoms with Crippen molar-refractivity contribution >= 4 is 17.7 Å². The first-order valence-corrected chi connectivity index (χ1v) is 10.0. The van der Waals surface area contributed by atoms with Crippen LogP contribution in [0, 0.1) is 5.82 Å². The molecule has 1 atom stereocenters. The first-order valence-electron chi connectivity index (χ1n) is 9.17. The quantitative estimate of drug-likeness (QED) is 0.705. The summed E-state index contributed by atoms with van der Waals surface area (Å²) in [7, 11) is 0. The monoisotopic (exact) mass is 389 g/mol. The second-order valence-electron chi connectivity index (χ2n) is 6.89. The third-order valence-corrected chi connectivity index (χ3v) is 5.27. The van der Waals surface area contributed by atoms with Crippen LogP contribution >= 0.6 is 11.8 Å². The predicted octanol–water partition coefficient (Wildman–Crippen LogP) is 3.73. The van der Waals surface area contributed by atoms with Crippen LogP contribution in [0.25, 0.3) is 0 Å². The lowest BCUT2D eigenvalue weighted by molar-refractivity contribution is -0.133. The highest BCUT2D eigenvalue weighted by Crippen LogP contribution is 2.23. The molecule has 1 aliphatic heterocycles. The molecule has 7 heteroatoms. The van der Waals surface area contributed by atoms with E-state index in [4.69, 9.17) is 4.74 Å². The maximum absolute atomic E-state index is 12.9. The van der Waals surface area contributed by atoms with Gasteiger partial charge in [-0.3, -0.25) is 4.79 Å². The van der Waals surface area contributed by atoms with Gasteiger partial charge in [-0.2, -0.15) is 0 Å². The Morgan fingerprint density at radius 2 is 2.00 bits per heavy atom. The molecule has 0 radical (unpaired) electrons. The summed E-state index contributed by atoms with van der Waals surface area (Å²) in [5.74, 6) is -0.409. The third-order valence-electron chi connectivity index (χ3n) is 4.25. The van der Waals surface area contributed by atoms with E-state index in [1.807, 2.05) is 28.8 Å². The van der Waals surface area contributed by atoms with Crippen molar-refractivity contribution in [2.45, 2.75) is 49.4 Å². The number of likely N-dealkylation sites (tertiary alicyclic amines) is 1. The second-order valence-corrected chi connectivity index (χ2v) is 8.54. The van der Waals surface area contributed by atoms with Crippen molar-refractivity contribution in [3.8, 4) is 6.01 Å². The van der Waals surface area contributed by atoms with E-state index in [2.05, 4.69) is 35.9 Å². The standard InChI is InChI=1S/C20H24FN3O2S/c1-14(2)27-18-7-5-15(6-8-18)10-19(25)24-9-3-4-17(13-24)26-20-22-11-16(21)12-23-20/h5-8,11-12,14,17H,3-4,9-10,13H2,1-2H3/t17-/m1/s1. The minimum absolute atomic E-state index is 0.0904. The summed E-state index contributed by atoms with van der Waals surface area (Å²) in [5.41, 5.74) is 1.01. The number of carbonyl (C=O) groups excluding carboxylic acids is 1. The summed E-state index contributed by atoms with van der Waals surface area (Å²) in [6, 6.07) is 8.33. The lowest BCUT2D eigenvalue weighted by Crippen LogP contribution is -2.45. The summed E-state index contributed by atoms with van der Waals surface area (Å²) in [5, 5.41) is 0.535. The molecule has 0 saturated carbocycles. The Morgan fingerprint density at radius 3 is 2.67 bits per heavy atom. The number of amides is 1. The molecule has 0 spiro atoms. The number of benzene rings is 1. The molecule has 0 unspecified atom stereocenters. The molecule has 144 valence electrons. The van der Waals surface area contributed by atoms with Gasteiger partial charge >= 0.3 is 6.01 Å². The molecular formula is C20H24FN3O2S. The Bertz CT molecular complexity index is 753. The summed E-state index contributed by atoms with van der Waals surface area (Å²) in [4.78, 5) is 23.3. The highest BCUT2D eigenvalue weighted by atomic mass is 32.2. The molecule has 5 nitrogen and oxygen atoms in total. The van der Waals surface area contributed by atoms with Crippen molar-refractivity contribution < 1.29 is 13.9 Å². The molecule has 0 aliphatic carbocycles. The number of ether oxygens (including phenoxy) is 1. The van der Waals surface area contributed by atoms with Gasteiger partial charge in [-0.05, 0) is 30.5 Å². The third kappa shape index (κ3) is 5.92. The van der Waals surface area contributed by atoms with Gasteiger partial charge in [0.2, 0.25) is 5.91 Å². The first kappa shape index (κ1) is 19.6. The average Bonchev–Trinajstić information content (AvgIpc) is 2.65. The van der Waals surface area contributed by atoms with Gasteiger partial charge in [0.25, 0.3) is 0 Å². The lowest BCUT2D eigenvalue weighted by atomic mass is 10.1. The zero-order chi connectivity index (χ0) is 19.2. The number of thioether (sulfide) groups is 1. The number of aromatic nitrogens is 2. The molecule has 2 aromatic rings. The molecule has 0 N–H and O–H groups in total. The smallest absolute Gasteiger partial charge is 0.316 e. The van der Waals surface area contributed by atoms with Crippen LogP contribution in [0.1, 0.15) is 32.3 Å². The van der Waals surface area contributed by atoms with Crippen LogP contribution in [0.15, 0.2) is 41.6 Å². The zero-order valence-corrected chi connectivity index (χ0v) is 16.4. The number of rotatable bonds is 6. The molecule has 0 bridgehead atoms. The van der Waals surface area contributed by atoms with E-state index in [0.29, 0.717) is 18.2 Å². The van der Waals surface area contributed by atoms with Crippen LogP contribution < -0.4 is 4.74 Å². The van der Waals surface area contributed by atoms with E-state index < -0.39 is 5.82 Å². The minimum Gasteiger partial charge on any atom is -0.458 e. The van der Waals surface area contributed by atoms with Crippen LogP contribution in [0.4, 0.5) is 4.39 Å². The Labute approximate surface area is 163 Å². The van der Waals surface area contributed by atoms with Gasteiger partial charge in [0.15, 0.2) is 5.82 Å². The summed E-state index contributed by atoms with van der Waals surface area (Å²) < 4.78 is 18.6. The zero-order valence-electron chi connectivity index (χ0n) is 15.6. The Hall–Kier alpha value is -2.15. The van der Waals surface area contributed by atoms with Crippen LogP contribution in [-0.4, -0.2) is 45.2 Å². The van der Waals surface area contributed by atoms with Gasteiger partial charge in [-0.25, -0.2) is 14.4 Å². The summed E-state index contributed by atoms with van der Waals surface area (Å²) in [6.07, 6.45) is 4.06. The molecule has 1 amide bonds. The number of carbonyl (C=O) groups is 1. The van der Waals surface area contributed by atoms with Crippen molar-refractivity contribution in [2.75, 3.05) is 13.1 Å². The largest absolute Gasteiger partial charge is 0.458 e. The van der Waals surface area contributed by atoms with Gasteiger partial charge in [0.1, 0.15) is 6.10 Å². The molecule has 2 heterocycles. The topological polar surface area (TPSA) is 55.3 Å². The normalized spacial score (nSPS) is 17.2. The van der Waals surface area contributed by atoms with E-state index in [0.717, 1.165) is 37.3 Å². The van der Waals surface area contributed by atoms with E-state index in [-0.39, 0.29) is 18.0 Å². The molecule has 1 aromatic carbocycles. The highest BCUT2D eigenvalue weighted by Gasteiger charge is 2.25. The summed E-state index contributed by atoms with van der Waals surface area (Å²) >= 11 is 1.81. The van der Waals surface area contributed by atoms with Gasteiger partial charge in [0, 0.05) is 16.7 Å². The Balaban J connectivity index is 1.54. The molecule has 1 fully saturated rings. The number of nitrogens with zero attached hydrogens (tertiary/aromatic N) is 3. The maximum Gasteiger partial charge on any atom is 0.316 e. The van der Waals surface area contributed by atoms with Crippen molar-refractivity contribution in [3.63, 3.8) is 0 Å². The van der Waals surface area contributed by atoms with Gasteiger partial charge in [-0.15, -0.1) is 11.8 Å². The molecule has 3 rings (SSSR count). The fourth-order valence-electron chi connectivity index (χ4n) is 3.02. The van der Waals surface area contributed by atoms with Crippen LogP contribution in [-0.2, 0) is 11.2 Å². The Morgan fingerprint density at radius 1 is 1.30 bits per heavy atom. The van der Waals surface area contributed by atoms with E-state index in [1.165, 1.54) is 4.90 Å². The van der Waals surface area contributed by atoms with Gasteiger partial charge in [-0.1, -0.05) is 26.0 Å². The SMILES string of the molecule is CC(C)Sc1ccc(CC(=O)N2CCC[C@@H](Oc3ncc(F)cn3)C2)cc1. The predicted molar refractivity (Wildman–Crippen MR) is 103 cm³/mol. The van der Waals surface area contributed by atoms with E-state index in [1.54, 1.807) is 0 Å². The van der Waals surface area contributed by atoms with Gasteiger partial charge < -0.3 is 9.64 Å². The lowest BCUT2D eigenvalue weighted by Gasteiger charge is -2.32. The number of hydrogen-bond donors (Lipinski definition) is 0. The fourth-order valence-corrected chi connectivity index (χ4v) is 3.85. The second kappa shape index (κ2) is 9.17. The highest BCUT2D eigenvalue weighted by molar-refractivity contribution is 7.99. The van der Waals surface area contributed by atoms with E-state index >= 15 is 0 Å². The van der Waals surface area contributed by atoms with E-state index in [9.17, 15) is 9.18 Å². The number of hydrogen-bond acceptors (Lipinski definition) is 5. The van der Waals surface area contributed by atoms with Crippen molar-refractivity contribution in [1.29, 1.82) is 0 Å². The Kier molecular flexibility index (Phi) is 6.66. The minimum atomic E-state index is -0.499. The number of piperidine rings is 1. The van der Waals surface area contributed by atoms with Crippen molar-refractivity contribution in [1.82, 2.24) is 14.9 Å². The maximum atomic E-state index is 12.9. The average molecular weight is 389 g/mol. The van der Waals surface area contributed by atoms with Crippen molar-refractivity contribution in [3.05, 3.63) is 48.0 Å².